The first-order valence-corrected chi connectivity index (χ1v) is 16.6. The van der Waals surface area contributed by atoms with Gasteiger partial charge in [0.05, 0.1) is 5.41 Å². The number of hydrogen-bond acceptors (Lipinski definition) is 0. The zero-order chi connectivity index (χ0) is 30.1. The summed E-state index contributed by atoms with van der Waals surface area (Å²) >= 11 is 6.89. The van der Waals surface area contributed by atoms with E-state index in [0.717, 1.165) is 17.9 Å². The molecule has 0 saturated heterocycles. The normalized spacial score (nSPS) is 15.2. The maximum Gasteiger partial charge on any atom is 0.0725 e. The Morgan fingerprint density at radius 1 is 0.413 bits per heavy atom. The number of allylic oxidation sites excluding steroid dienone is 1. The molecule has 46 heavy (non-hydrogen) atoms. The van der Waals surface area contributed by atoms with Gasteiger partial charge in [0.15, 0.2) is 0 Å². The topological polar surface area (TPSA) is 0 Å². The van der Waals surface area contributed by atoms with Crippen molar-refractivity contribution in [3.05, 3.63) is 172 Å². The third-order valence-corrected chi connectivity index (χ3v) is 11.5. The van der Waals surface area contributed by atoms with Gasteiger partial charge in [0.1, 0.15) is 0 Å². The molecule has 0 aliphatic heterocycles. The molecule has 214 valence electrons. The van der Waals surface area contributed by atoms with Crippen LogP contribution in [0.3, 0.4) is 0 Å². The van der Waals surface area contributed by atoms with E-state index in [1.165, 1.54) is 98.7 Å². The zero-order valence-corrected chi connectivity index (χ0v) is 25.8. The van der Waals surface area contributed by atoms with Crippen molar-refractivity contribution in [2.75, 3.05) is 0 Å². The third kappa shape index (κ3) is 2.88. The van der Waals surface area contributed by atoms with Crippen molar-refractivity contribution >= 4 is 60.8 Å². The van der Waals surface area contributed by atoms with Crippen molar-refractivity contribution in [3.63, 3.8) is 0 Å². The Bertz CT molecular complexity index is 2660. The van der Waals surface area contributed by atoms with E-state index in [2.05, 4.69) is 140 Å². The standard InChI is InChI=1S/C45H27Cl/c46-26-21-22-29-35-25-42-36(24-38(35)44-34-17-4-2-12-28(34)27-11-1-3-16-33(27)43(44)37(29)23-26)32-15-7-10-20-41(32)45(42)39-18-8-5-13-30(39)31-14-6-9-19-40(31)45/h1-20,23-25H,21-22H2. The van der Waals surface area contributed by atoms with Gasteiger partial charge in [0, 0.05) is 5.03 Å². The summed E-state index contributed by atoms with van der Waals surface area (Å²) in [4.78, 5) is 0. The molecule has 3 aliphatic rings. The molecular weight excluding hydrogens is 576 g/mol. The summed E-state index contributed by atoms with van der Waals surface area (Å²) in [5, 5.41) is 11.5. The second-order valence-corrected chi connectivity index (χ2v) is 13.6. The Balaban J connectivity index is 1.40. The molecule has 0 aromatic heterocycles. The Kier molecular flexibility index (Phi) is 4.77. The van der Waals surface area contributed by atoms with Crippen LogP contribution in [0.1, 0.15) is 39.8 Å². The lowest BCUT2D eigenvalue weighted by Gasteiger charge is -2.31. The van der Waals surface area contributed by atoms with Gasteiger partial charge in [-0.2, -0.15) is 0 Å². The summed E-state index contributed by atoms with van der Waals surface area (Å²) in [6, 6.07) is 50.3. The lowest BCUT2D eigenvalue weighted by atomic mass is 9.70. The summed E-state index contributed by atoms with van der Waals surface area (Å²) in [5.41, 5.74) is 13.3. The zero-order valence-electron chi connectivity index (χ0n) is 25.1. The molecule has 1 heteroatoms. The first kappa shape index (κ1) is 25.1. The number of fused-ring (bicyclic) bond motifs is 21. The SMILES string of the molecule is ClC1=Cc2c(c3cc4c(cc3c3c5ccccc5c5ccccc5c23)-c2ccccc2C42c3ccccc3-c3ccccc32)CC1. The first-order valence-electron chi connectivity index (χ1n) is 16.3. The summed E-state index contributed by atoms with van der Waals surface area (Å²) < 4.78 is 0. The highest BCUT2D eigenvalue weighted by atomic mass is 35.5. The lowest BCUT2D eigenvalue weighted by Crippen LogP contribution is -2.25. The van der Waals surface area contributed by atoms with Gasteiger partial charge in [-0.3, -0.25) is 0 Å². The van der Waals surface area contributed by atoms with Gasteiger partial charge < -0.3 is 0 Å². The van der Waals surface area contributed by atoms with Crippen LogP contribution < -0.4 is 0 Å². The van der Waals surface area contributed by atoms with Gasteiger partial charge in [0.2, 0.25) is 0 Å². The molecule has 3 aliphatic carbocycles. The van der Waals surface area contributed by atoms with Crippen LogP contribution in [0.5, 0.6) is 0 Å². The van der Waals surface area contributed by atoms with Crippen LogP contribution in [-0.4, -0.2) is 0 Å². The van der Waals surface area contributed by atoms with Crippen LogP contribution in [0.2, 0.25) is 0 Å². The highest BCUT2D eigenvalue weighted by Crippen LogP contribution is 2.63. The highest BCUT2D eigenvalue weighted by Gasteiger charge is 2.51. The predicted octanol–water partition coefficient (Wildman–Crippen LogP) is 12.2. The Morgan fingerprint density at radius 3 is 1.52 bits per heavy atom. The minimum absolute atomic E-state index is 0.358. The highest BCUT2D eigenvalue weighted by molar-refractivity contribution is 6.36. The summed E-state index contributed by atoms with van der Waals surface area (Å²) in [5.74, 6) is 0. The van der Waals surface area contributed by atoms with E-state index in [1.54, 1.807) is 0 Å². The second-order valence-electron chi connectivity index (χ2n) is 13.2. The fourth-order valence-corrected chi connectivity index (χ4v) is 9.70. The van der Waals surface area contributed by atoms with E-state index in [-0.39, 0.29) is 5.41 Å². The van der Waals surface area contributed by atoms with E-state index >= 15 is 0 Å². The van der Waals surface area contributed by atoms with Crippen LogP contribution in [-0.2, 0) is 11.8 Å². The Labute approximate surface area is 272 Å². The van der Waals surface area contributed by atoms with E-state index < -0.39 is 0 Å². The average Bonchev–Trinajstić information content (AvgIpc) is 3.57. The molecule has 1 spiro atoms. The van der Waals surface area contributed by atoms with Crippen molar-refractivity contribution in [1.29, 1.82) is 0 Å². The van der Waals surface area contributed by atoms with Crippen molar-refractivity contribution < 1.29 is 0 Å². The molecule has 0 heterocycles. The maximum atomic E-state index is 6.89. The molecule has 0 unspecified atom stereocenters. The smallest absolute Gasteiger partial charge is 0.0725 e. The van der Waals surface area contributed by atoms with E-state index in [1.807, 2.05) is 0 Å². The molecule has 0 nitrogen and oxygen atoms in total. The fourth-order valence-electron chi connectivity index (χ4n) is 9.49. The Hall–Kier alpha value is -5.17. The van der Waals surface area contributed by atoms with Crippen molar-refractivity contribution in [2.24, 2.45) is 0 Å². The van der Waals surface area contributed by atoms with Crippen molar-refractivity contribution in [3.8, 4) is 22.3 Å². The van der Waals surface area contributed by atoms with Gasteiger partial charge >= 0.3 is 0 Å². The summed E-state index contributed by atoms with van der Waals surface area (Å²) in [6.45, 7) is 0. The maximum absolute atomic E-state index is 6.89. The van der Waals surface area contributed by atoms with Crippen LogP contribution in [0, 0.1) is 0 Å². The number of halogens is 1. The Morgan fingerprint density at radius 2 is 0.913 bits per heavy atom. The number of aryl methyl sites for hydroxylation is 1. The van der Waals surface area contributed by atoms with Gasteiger partial charge in [-0.15, -0.1) is 0 Å². The van der Waals surface area contributed by atoms with Crippen molar-refractivity contribution in [2.45, 2.75) is 18.3 Å². The van der Waals surface area contributed by atoms with Crippen LogP contribution in [0.15, 0.2) is 138 Å². The first-order chi connectivity index (χ1) is 22.7. The molecule has 0 atom stereocenters. The molecule has 0 N–H and O–H groups in total. The summed E-state index contributed by atoms with van der Waals surface area (Å²) in [6.07, 6.45) is 4.07. The molecule has 11 rings (SSSR count). The van der Waals surface area contributed by atoms with Gasteiger partial charge in [-0.05, 0) is 130 Å². The molecule has 8 aromatic carbocycles. The molecule has 0 bridgehead atoms. The number of hydrogen-bond donors (Lipinski definition) is 0. The predicted molar refractivity (Wildman–Crippen MR) is 195 cm³/mol. The monoisotopic (exact) mass is 602 g/mol. The average molecular weight is 603 g/mol. The number of rotatable bonds is 0. The lowest BCUT2D eigenvalue weighted by molar-refractivity contribution is 0.795. The second kappa shape index (κ2) is 8.75. The quantitative estimate of drug-likeness (QED) is 0.151. The van der Waals surface area contributed by atoms with Crippen LogP contribution in [0.4, 0.5) is 0 Å². The number of benzene rings is 8. The minimum atomic E-state index is -0.358. The summed E-state index contributed by atoms with van der Waals surface area (Å²) in [7, 11) is 0. The van der Waals surface area contributed by atoms with Crippen molar-refractivity contribution in [1.82, 2.24) is 0 Å². The third-order valence-electron chi connectivity index (χ3n) is 11.2. The van der Waals surface area contributed by atoms with E-state index in [0.29, 0.717) is 0 Å². The molecule has 0 fully saturated rings. The molecule has 0 saturated carbocycles. The van der Waals surface area contributed by atoms with Gasteiger partial charge in [-0.1, -0.05) is 133 Å². The van der Waals surface area contributed by atoms with Crippen LogP contribution >= 0.6 is 11.6 Å². The van der Waals surface area contributed by atoms with E-state index in [9.17, 15) is 0 Å². The molecule has 8 aromatic rings. The largest absolute Gasteiger partial charge is 0.0891 e. The van der Waals surface area contributed by atoms with Gasteiger partial charge in [0.25, 0.3) is 0 Å². The van der Waals surface area contributed by atoms with E-state index in [4.69, 9.17) is 11.6 Å². The molecular formula is C45H27Cl. The van der Waals surface area contributed by atoms with Gasteiger partial charge in [-0.25, -0.2) is 0 Å². The fraction of sp³-hybridized carbons (Fsp3) is 0.0667. The molecule has 0 amide bonds. The molecule has 0 radical (unpaired) electrons. The van der Waals surface area contributed by atoms with Crippen LogP contribution in [0.25, 0.3) is 71.4 Å². The minimum Gasteiger partial charge on any atom is -0.0891 e.